The number of allylic oxidation sites excluding steroid dienone is 9. The van der Waals surface area contributed by atoms with Crippen LogP contribution >= 0.6 is 0 Å². The Labute approximate surface area is 259 Å². The maximum Gasteiger partial charge on any atom is 0.0619 e. The molecule has 4 N–H and O–H groups in total. The van der Waals surface area contributed by atoms with Crippen molar-refractivity contribution in [3.63, 3.8) is 0 Å². The average molecular weight is 572 g/mol. The molecule has 6 aromatic rings. The monoisotopic (exact) mass is 571 g/mol. The summed E-state index contributed by atoms with van der Waals surface area (Å²) in [5.74, 6) is 0. The summed E-state index contributed by atoms with van der Waals surface area (Å²) in [6.45, 7) is 8.06. The fourth-order valence-corrected chi connectivity index (χ4v) is 6.23. The molecule has 0 saturated carbocycles. The van der Waals surface area contributed by atoms with E-state index in [0.717, 1.165) is 45.5 Å². The first-order valence-corrected chi connectivity index (χ1v) is 15.0. The lowest BCUT2D eigenvalue weighted by Crippen LogP contribution is -1.97. The molecule has 3 nitrogen and oxygen atoms in total. The number of hydrogen-bond donors (Lipinski definition) is 2. The van der Waals surface area contributed by atoms with E-state index in [1.54, 1.807) is 12.4 Å². The molecule has 0 spiro atoms. The molecular weight excluding hydrogens is 534 g/mol. The number of fused-ring (bicyclic) bond motifs is 6. The van der Waals surface area contributed by atoms with Gasteiger partial charge in [-0.05, 0) is 83.3 Å². The summed E-state index contributed by atoms with van der Waals surface area (Å²) in [6, 6.07) is 33.0. The molecule has 0 unspecified atom stereocenters. The van der Waals surface area contributed by atoms with Crippen LogP contribution in [0.5, 0.6) is 0 Å². The predicted molar refractivity (Wildman–Crippen MR) is 193 cm³/mol. The van der Waals surface area contributed by atoms with Gasteiger partial charge in [-0.1, -0.05) is 116 Å². The van der Waals surface area contributed by atoms with Crippen molar-refractivity contribution in [3.8, 4) is 5.69 Å². The maximum absolute atomic E-state index is 6.21. The highest BCUT2D eigenvalue weighted by Crippen LogP contribution is 2.40. The van der Waals surface area contributed by atoms with Crippen molar-refractivity contribution >= 4 is 54.5 Å². The maximum atomic E-state index is 6.21. The molecule has 0 saturated heterocycles. The molecule has 1 aromatic heterocycles. The number of aromatic nitrogens is 1. The number of nitrogens with zero attached hydrogens (tertiary/aromatic N) is 1. The molecule has 0 fully saturated rings. The van der Waals surface area contributed by atoms with Crippen LogP contribution < -0.4 is 11.5 Å². The minimum atomic E-state index is 0.728. The van der Waals surface area contributed by atoms with Crippen LogP contribution in [0.2, 0.25) is 0 Å². The first-order valence-electron chi connectivity index (χ1n) is 15.0. The molecule has 44 heavy (non-hydrogen) atoms. The van der Waals surface area contributed by atoms with Gasteiger partial charge in [-0.3, -0.25) is 0 Å². The van der Waals surface area contributed by atoms with Gasteiger partial charge in [-0.2, -0.15) is 0 Å². The lowest BCUT2D eigenvalue weighted by Gasteiger charge is -2.14. The van der Waals surface area contributed by atoms with Crippen LogP contribution in [0.25, 0.3) is 60.2 Å². The van der Waals surface area contributed by atoms with Gasteiger partial charge < -0.3 is 16.0 Å². The van der Waals surface area contributed by atoms with Gasteiger partial charge in [0.05, 0.1) is 16.7 Å². The molecule has 0 amide bonds. The van der Waals surface area contributed by atoms with Crippen molar-refractivity contribution < 1.29 is 0 Å². The van der Waals surface area contributed by atoms with Crippen LogP contribution in [0.4, 0.5) is 0 Å². The van der Waals surface area contributed by atoms with E-state index in [1.165, 1.54) is 37.8 Å². The molecule has 5 aromatic carbocycles. The van der Waals surface area contributed by atoms with Crippen molar-refractivity contribution in [1.82, 2.24) is 4.57 Å². The summed E-state index contributed by atoms with van der Waals surface area (Å²) in [7, 11) is 0. The van der Waals surface area contributed by atoms with Crippen LogP contribution in [0.1, 0.15) is 31.4 Å². The SMILES string of the molecule is C=C/C(=C\C)c1ccc2c(ccc3c4ccc(C(/C=C\CC(/C=C\C)=C/N)=C/N)cc4n(-c4cccc5ccccc45)c23)c1. The smallest absolute Gasteiger partial charge is 0.0619 e. The highest BCUT2D eigenvalue weighted by molar-refractivity contribution is 6.20. The third-order valence-corrected chi connectivity index (χ3v) is 8.37. The van der Waals surface area contributed by atoms with Crippen molar-refractivity contribution in [2.45, 2.75) is 20.3 Å². The zero-order valence-electron chi connectivity index (χ0n) is 25.3. The fourth-order valence-electron chi connectivity index (χ4n) is 6.23. The van der Waals surface area contributed by atoms with Gasteiger partial charge in [0.15, 0.2) is 0 Å². The molecule has 6 rings (SSSR count). The van der Waals surface area contributed by atoms with Crippen molar-refractivity contribution in [2.24, 2.45) is 11.5 Å². The number of nitrogens with two attached hydrogens (primary N) is 2. The summed E-state index contributed by atoms with van der Waals surface area (Å²) >= 11 is 0. The molecule has 1 heterocycles. The summed E-state index contributed by atoms with van der Waals surface area (Å²) in [4.78, 5) is 0. The first-order chi connectivity index (χ1) is 21.6. The molecule has 0 aliphatic rings. The van der Waals surface area contributed by atoms with Gasteiger partial charge in [-0.15, -0.1) is 0 Å². The van der Waals surface area contributed by atoms with E-state index in [-0.39, 0.29) is 0 Å². The minimum Gasteiger partial charge on any atom is -0.404 e. The fraction of sp³-hybridized carbons (Fsp3) is 0.0732. The number of hydrogen-bond acceptors (Lipinski definition) is 2. The standard InChI is InChI=1S/C41H37N3/c1-4-11-28(26-42)12-9-15-34(27-43)32-19-22-37-38-23-20-33-24-31(29(5-2)6-3)18-21-36(33)41(38)44(40(37)25-32)39-17-10-14-30-13-7-8-16-35(30)39/h4-11,13-27H,2,12,42-43H2,1,3H3/b11-4-,15-9-,28-26+,29-6+,34-27+. The lowest BCUT2D eigenvalue weighted by molar-refractivity contribution is 1.20. The van der Waals surface area contributed by atoms with Crippen molar-refractivity contribution in [1.29, 1.82) is 0 Å². The van der Waals surface area contributed by atoms with Gasteiger partial charge in [0.25, 0.3) is 0 Å². The van der Waals surface area contributed by atoms with Gasteiger partial charge in [-0.25, -0.2) is 0 Å². The van der Waals surface area contributed by atoms with Gasteiger partial charge in [0.1, 0.15) is 0 Å². The van der Waals surface area contributed by atoms with E-state index in [9.17, 15) is 0 Å². The topological polar surface area (TPSA) is 57.0 Å². The molecule has 3 heteroatoms. The third kappa shape index (κ3) is 5.03. The Morgan fingerprint density at radius 1 is 0.705 bits per heavy atom. The quantitative estimate of drug-likeness (QED) is 0.179. The Hall–Kier alpha value is -5.54. The second kappa shape index (κ2) is 12.4. The Balaban J connectivity index is 1.63. The number of benzene rings is 5. The molecular formula is C41H37N3. The zero-order valence-corrected chi connectivity index (χ0v) is 25.3. The lowest BCUT2D eigenvalue weighted by atomic mass is 9.99. The van der Waals surface area contributed by atoms with Crippen LogP contribution in [0.3, 0.4) is 0 Å². The summed E-state index contributed by atoms with van der Waals surface area (Å²) < 4.78 is 2.43. The summed E-state index contributed by atoms with van der Waals surface area (Å²) in [6.07, 6.45) is 16.3. The van der Waals surface area contributed by atoms with Crippen molar-refractivity contribution in [2.75, 3.05) is 0 Å². The number of rotatable bonds is 8. The Bertz CT molecular complexity index is 2190. The molecule has 0 atom stereocenters. The van der Waals surface area contributed by atoms with Crippen LogP contribution in [0.15, 0.2) is 152 Å². The Morgan fingerprint density at radius 2 is 1.45 bits per heavy atom. The zero-order chi connectivity index (χ0) is 30.6. The van der Waals surface area contributed by atoms with Crippen LogP contribution in [-0.2, 0) is 0 Å². The highest BCUT2D eigenvalue weighted by Gasteiger charge is 2.18. The second-order valence-corrected chi connectivity index (χ2v) is 10.9. The van der Waals surface area contributed by atoms with Crippen molar-refractivity contribution in [3.05, 3.63) is 163 Å². The highest BCUT2D eigenvalue weighted by atomic mass is 15.0. The first kappa shape index (κ1) is 28.6. The summed E-state index contributed by atoms with van der Waals surface area (Å²) in [5.41, 5.74) is 20.8. The Kier molecular flexibility index (Phi) is 8.03. The Morgan fingerprint density at radius 3 is 2.20 bits per heavy atom. The van der Waals surface area contributed by atoms with Gasteiger partial charge >= 0.3 is 0 Å². The molecule has 0 aliphatic carbocycles. The second-order valence-electron chi connectivity index (χ2n) is 10.9. The van der Waals surface area contributed by atoms with E-state index in [4.69, 9.17) is 11.5 Å². The molecule has 0 bridgehead atoms. The van der Waals surface area contributed by atoms with Crippen LogP contribution in [-0.4, -0.2) is 4.57 Å². The molecule has 0 radical (unpaired) electrons. The van der Waals surface area contributed by atoms with E-state index >= 15 is 0 Å². The summed E-state index contributed by atoms with van der Waals surface area (Å²) in [5, 5.41) is 7.22. The minimum absolute atomic E-state index is 0.728. The van der Waals surface area contributed by atoms with E-state index in [2.05, 4.69) is 127 Å². The van der Waals surface area contributed by atoms with E-state index < -0.39 is 0 Å². The predicted octanol–water partition coefficient (Wildman–Crippen LogP) is 10.3. The normalized spacial score (nSPS) is 13.4. The van der Waals surface area contributed by atoms with Gasteiger partial charge in [0, 0.05) is 27.7 Å². The average Bonchev–Trinajstić information content (AvgIpc) is 3.40. The largest absolute Gasteiger partial charge is 0.404 e. The van der Waals surface area contributed by atoms with E-state index in [0.29, 0.717) is 0 Å². The van der Waals surface area contributed by atoms with Gasteiger partial charge in [0.2, 0.25) is 0 Å². The third-order valence-electron chi connectivity index (χ3n) is 8.37. The molecule has 0 aliphatic heterocycles. The molecule has 216 valence electrons. The van der Waals surface area contributed by atoms with E-state index in [1.807, 2.05) is 25.2 Å². The van der Waals surface area contributed by atoms with Crippen LogP contribution in [0, 0.1) is 0 Å².